The Morgan fingerprint density at radius 2 is 2.07 bits per heavy atom. The number of halogens is 2. The molecular weight excluding hydrogens is 423 g/mol. The summed E-state index contributed by atoms with van der Waals surface area (Å²) in [4.78, 5) is 23.4. The van der Waals surface area contributed by atoms with Gasteiger partial charge in [0.25, 0.3) is 0 Å². The number of amides is 2. The molecule has 1 aliphatic heterocycles. The zero-order valence-corrected chi connectivity index (χ0v) is 19.0. The Kier molecular flexibility index (Phi) is 7.75. The standard InChI is InChI=1S/C21H28Cl2N6O/c1-13(2)27-20-26-11-15-7-9-29(12-19(15)28-20)21(30)25-8-6-18(24-3)14-4-5-16(22)17(23)10-14/h4-5,10-11,13,18,24H,6-9,12H2,1-3H3,(H,25,30)(H,26,27,28). The van der Waals surface area contributed by atoms with Gasteiger partial charge in [0.2, 0.25) is 5.95 Å². The lowest BCUT2D eigenvalue weighted by Crippen LogP contribution is -2.43. The molecule has 2 heterocycles. The van der Waals surface area contributed by atoms with E-state index in [1.807, 2.05) is 39.2 Å². The minimum absolute atomic E-state index is 0.0690. The van der Waals surface area contributed by atoms with Crippen LogP contribution in [0.5, 0.6) is 0 Å². The second-order valence-corrected chi connectivity index (χ2v) is 8.49. The molecule has 3 rings (SSSR count). The van der Waals surface area contributed by atoms with E-state index in [-0.39, 0.29) is 18.1 Å². The molecular formula is C21H28Cl2N6O. The zero-order valence-electron chi connectivity index (χ0n) is 17.5. The largest absolute Gasteiger partial charge is 0.352 e. The summed E-state index contributed by atoms with van der Waals surface area (Å²) in [7, 11) is 1.89. The molecule has 3 N–H and O–H groups in total. The van der Waals surface area contributed by atoms with Crippen LogP contribution >= 0.6 is 23.2 Å². The maximum absolute atomic E-state index is 12.7. The van der Waals surface area contributed by atoms with Crippen LogP contribution in [0.4, 0.5) is 10.7 Å². The van der Waals surface area contributed by atoms with Gasteiger partial charge in [0.05, 0.1) is 22.3 Å². The quantitative estimate of drug-likeness (QED) is 0.593. The lowest BCUT2D eigenvalue weighted by Gasteiger charge is -2.28. The molecule has 0 bridgehead atoms. The lowest BCUT2D eigenvalue weighted by atomic mass is 10.0. The van der Waals surface area contributed by atoms with Gasteiger partial charge >= 0.3 is 6.03 Å². The fourth-order valence-corrected chi connectivity index (χ4v) is 3.75. The van der Waals surface area contributed by atoms with Crippen molar-refractivity contribution in [3.63, 3.8) is 0 Å². The fraction of sp³-hybridized carbons (Fsp3) is 0.476. The molecule has 0 radical (unpaired) electrons. The maximum atomic E-state index is 12.7. The Morgan fingerprint density at radius 3 is 2.77 bits per heavy atom. The first kappa shape index (κ1) is 22.6. The molecule has 1 aliphatic rings. The van der Waals surface area contributed by atoms with Crippen LogP contribution in [0, 0.1) is 0 Å². The average molecular weight is 451 g/mol. The molecule has 0 saturated heterocycles. The van der Waals surface area contributed by atoms with Gasteiger partial charge in [-0.2, -0.15) is 0 Å². The second-order valence-electron chi connectivity index (χ2n) is 7.67. The number of urea groups is 1. The van der Waals surface area contributed by atoms with Crippen LogP contribution in [0.15, 0.2) is 24.4 Å². The molecule has 0 aliphatic carbocycles. The molecule has 7 nitrogen and oxygen atoms in total. The number of hydrogen-bond donors (Lipinski definition) is 3. The van der Waals surface area contributed by atoms with Gasteiger partial charge in [-0.3, -0.25) is 0 Å². The van der Waals surface area contributed by atoms with Crippen LogP contribution in [-0.4, -0.2) is 47.1 Å². The molecule has 0 spiro atoms. The van der Waals surface area contributed by atoms with Crippen molar-refractivity contribution in [3.05, 3.63) is 51.3 Å². The third-order valence-corrected chi connectivity index (χ3v) is 5.79. The van der Waals surface area contributed by atoms with Gasteiger partial charge in [-0.25, -0.2) is 14.8 Å². The van der Waals surface area contributed by atoms with Crippen molar-refractivity contribution in [1.29, 1.82) is 0 Å². The SMILES string of the molecule is CNC(CCNC(=O)N1CCc2cnc(NC(C)C)nc2C1)c1ccc(Cl)c(Cl)c1. The Hall–Kier alpha value is -2.09. The summed E-state index contributed by atoms with van der Waals surface area (Å²) >= 11 is 12.1. The highest BCUT2D eigenvalue weighted by Gasteiger charge is 2.22. The van der Waals surface area contributed by atoms with Gasteiger partial charge < -0.3 is 20.9 Å². The molecule has 1 unspecified atom stereocenters. The first-order valence-electron chi connectivity index (χ1n) is 10.1. The number of anilines is 1. The van der Waals surface area contributed by atoms with Gasteiger partial charge in [0, 0.05) is 31.4 Å². The number of rotatable bonds is 7. The lowest BCUT2D eigenvalue weighted by molar-refractivity contribution is 0.191. The second kappa shape index (κ2) is 10.3. The molecule has 0 fully saturated rings. The highest BCUT2D eigenvalue weighted by Crippen LogP contribution is 2.26. The van der Waals surface area contributed by atoms with E-state index < -0.39 is 0 Å². The van der Waals surface area contributed by atoms with Gasteiger partial charge in [-0.15, -0.1) is 0 Å². The number of nitrogens with one attached hydrogen (secondary N) is 3. The summed E-state index contributed by atoms with van der Waals surface area (Å²) in [5.74, 6) is 0.601. The third kappa shape index (κ3) is 5.74. The van der Waals surface area contributed by atoms with Crippen LogP contribution in [0.2, 0.25) is 10.0 Å². The predicted octanol–water partition coefficient (Wildman–Crippen LogP) is 4.02. The molecule has 2 amide bonds. The first-order valence-corrected chi connectivity index (χ1v) is 10.9. The van der Waals surface area contributed by atoms with Crippen molar-refractivity contribution >= 4 is 35.2 Å². The van der Waals surface area contributed by atoms with Crippen LogP contribution in [0.25, 0.3) is 0 Å². The van der Waals surface area contributed by atoms with E-state index in [4.69, 9.17) is 23.2 Å². The zero-order chi connectivity index (χ0) is 21.7. The Balaban J connectivity index is 1.54. The van der Waals surface area contributed by atoms with E-state index in [9.17, 15) is 4.79 Å². The number of nitrogens with zero attached hydrogens (tertiary/aromatic N) is 3. The smallest absolute Gasteiger partial charge is 0.317 e. The Bertz CT molecular complexity index is 892. The summed E-state index contributed by atoms with van der Waals surface area (Å²) in [5, 5.41) is 10.5. The summed E-state index contributed by atoms with van der Waals surface area (Å²) in [6.45, 7) is 5.76. The van der Waals surface area contributed by atoms with Crippen molar-refractivity contribution in [2.75, 3.05) is 25.5 Å². The van der Waals surface area contributed by atoms with Gasteiger partial charge in [0.1, 0.15) is 0 Å². The number of carbonyl (C=O) groups is 1. The minimum atomic E-state index is -0.0818. The van der Waals surface area contributed by atoms with E-state index in [2.05, 4.69) is 25.9 Å². The molecule has 162 valence electrons. The number of fused-ring (bicyclic) bond motifs is 1. The summed E-state index contributed by atoms with van der Waals surface area (Å²) in [6, 6.07) is 5.83. The number of hydrogen-bond acceptors (Lipinski definition) is 5. The topological polar surface area (TPSA) is 82.2 Å². The summed E-state index contributed by atoms with van der Waals surface area (Å²) in [5.41, 5.74) is 3.04. The maximum Gasteiger partial charge on any atom is 0.317 e. The van der Waals surface area contributed by atoms with E-state index in [0.29, 0.717) is 35.6 Å². The molecule has 30 heavy (non-hydrogen) atoms. The van der Waals surface area contributed by atoms with E-state index in [0.717, 1.165) is 29.7 Å². The van der Waals surface area contributed by atoms with Crippen LogP contribution in [-0.2, 0) is 13.0 Å². The van der Waals surface area contributed by atoms with Gasteiger partial charge in [0.15, 0.2) is 0 Å². The van der Waals surface area contributed by atoms with Gasteiger partial charge in [-0.05, 0) is 57.0 Å². The van der Waals surface area contributed by atoms with Crippen LogP contribution in [0.1, 0.15) is 43.1 Å². The average Bonchev–Trinajstić information content (AvgIpc) is 2.72. The monoisotopic (exact) mass is 450 g/mol. The fourth-order valence-electron chi connectivity index (χ4n) is 3.45. The van der Waals surface area contributed by atoms with Crippen molar-refractivity contribution in [1.82, 2.24) is 25.5 Å². The van der Waals surface area contributed by atoms with E-state index in [1.165, 1.54) is 0 Å². The predicted molar refractivity (Wildman–Crippen MR) is 121 cm³/mol. The molecule has 1 aromatic heterocycles. The van der Waals surface area contributed by atoms with Crippen molar-refractivity contribution in [2.24, 2.45) is 0 Å². The summed E-state index contributed by atoms with van der Waals surface area (Å²) < 4.78 is 0. The minimum Gasteiger partial charge on any atom is -0.352 e. The molecule has 9 heteroatoms. The molecule has 2 aromatic rings. The molecule has 0 saturated carbocycles. The van der Waals surface area contributed by atoms with Gasteiger partial charge in [-0.1, -0.05) is 29.3 Å². The number of benzene rings is 1. The van der Waals surface area contributed by atoms with Crippen LogP contribution < -0.4 is 16.0 Å². The highest BCUT2D eigenvalue weighted by atomic mass is 35.5. The molecule has 1 aromatic carbocycles. The Labute approximate surface area is 187 Å². The highest BCUT2D eigenvalue weighted by molar-refractivity contribution is 6.42. The van der Waals surface area contributed by atoms with Crippen molar-refractivity contribution in [2.45, 2.75) is 45.3 Å². The number of aromatic nitrogens is 2. The normalized spacial score (nSPS) is 14.4. The summed E-state index contributed by atoms with van der Waals surface area (Å²) in [6.07, 6.45) is 3.35. The first-order chi connectivity index (χ1) is 14.4. The van der Waals surface area contributed by atoms with Crippen LogP contribution in [0.3, 0.4) is 0 Å². The van der Waals surface area contributed by atoms with E-state index in [1.54, 1.807) is 11.0 Å². The molecule has 1 atom stereocenters. The third-order valence-electron chi connectivity index (χ3n) is 5.05. The number of carbonyl (C=O) groups excluding carboxylic acids is 1. The van der Waals surface area contributed by atoms with E-state index >= 15 is 0 Å². The van der Waals surface area contributed by atoms with Crippen molar-refractivity contribution < 1.29 is 4.79 Å². The van der Waals surface area contributed by atoms with Crippen molar-refractivity contribution in [3.8, 4) is 0 Å². The Morgan fingerprint density at radius 1 is 1.27 bits per heavy atom.